The van der Waals surface area contributed by atoms with E-state index in [4.69, 9.17) is 0 Å². The molecule has 0 unspecified atom stereocenters. The molecule has 0 spiro atoms. The zero-order valence-corrected chi connectivity index (χ0v) is 18.9. The van der Waals surface area contributed by atoms with Crippen LogP contribution in [-0.4, -0.2) is 29.5 Å². The molecule has 8 nitrogen and oxygen atoms in total. The first-order valence-electron chi connectivity index (χ1n) is 10.3. The maximum atomic E-state index is 12.8. The number of aryl methyl sites for hydroxylation is 2. The molecular formula is C22H21N5O3S2. The molecule has 2 aromatic carbocycles. The number of sulfonamides is 1. The Balaban J connectivity index is 1.35. The second-order valence-electron chi connectivity index (χ2n) is 7.81. The molecule has 2 aromatic heterocycles. The zero-order chi connectivity index (χ0) is 22.3. The number of fused-ring (bicyclic) bond motifs is 2. The van der Waals surface area contributed by atoms with Crippen LogP contribution in [-0.2, 0) is 22.9 Å². The average molecular weight is 468 g/mol. The maximum Gasteiger partial charge on any atom is 0.276 e. The van der Waals surface area contributed by atoms with Crippen LogP contribution in [0.5, 0.6) is 0 Å². The van der Waals surface area contributed by atoms with E-state index in [9.17, 15) is 13.2 Å². The van der Waals surface area contributed by atoms with Gasteiger partial charge in [0, 0.05) is 16.9 Å². The number of benzene rings is 2. The summed E-state index contributed by atoms with van der Waals surface area (Å²) in [5.41, 5.74) is 4.72. The first-order valence-corrected chi connectivity index (χ1v) is 12.6. The lowest BCUT2D eigenvalue weighted by Gasteiger charge is -2.11. The minimum atomic E-state index is -3.73. The zero-order valence-electron chi connectivity index (χ0n) is 17.3. The summed E-state index contributed by atoms with van der Waals surface area (Å²) in [6, 6.07) is 11.9. The highest BCUT2D eigenvalue weighted by atomic mass is 32.2. The summed E-state index contributed by atoms with van der Waals surface area (Å²) >= 11 is 1.21. The normalized spacial score (nSPS) is 13.7. The summed E-state index contributed by atoms with van der Waals surface area (Å²) in [7, 11) is -3.73. The second-order valence-corrected chi connectivity index (χ2v) is 10.5. The molecule has 5 rings (SSSR count). The summed E-state index contributed by atoms with van der Waals surface area (Å²) < 4.78 is 28.6. The van der Waals surface area contributed by atoms with Gasteiger partial charge in [0.25, 0.3) is 15.9 Å². The van der Waals surface area contributed by atoms with Crippen LogP contribution in [0.4, 0.5) is 10.8 Å². The molecule has 1 amide bonds. The second kappa shape index (κ2) is 8.03. The number of rotatable bonds is 5. The number of hydrogen-bond donors (Lipinski definition) is 3. The fourth-order valence-corrected chi connectivity index (χ4v) is 5.94. The van der Waals surface area contributed by atoms with Crippen LogP contribution in [0.2, 0.25) is 0 Å². The first kappa shape index (κ1) is 20.7. The number of carbonyl (C=O) groups is 1. The van der Waals surface area contributed by atoms with E-state index in [0.29, 0.717) is 16.9 Å². The Morgan fingerprint density at radius 2 is 1.88 bits per heavy atom. The molecule has 1 aliphatic carbocycles. The summed E-state index contributed by atoms with van der Waals surface area (Å²) in [4.78, 5) is 17.3. The van der Waals surface area contributed by atoms with Gasteiger partial charge < -0.3 is 5.32 Å². The highest BCUT2D eigenvalue weighted by molar-refractivity contribution is 7.93. The highest BCUT2D eigenvalue weighted by Gasteiger charge is 2.22. The number of amides is 1. The van der Waals surface area contributed by atoms with Crippen molar-refractivity contribution in [1.82, 2.24) is 15.2 Å². The standard InChI is InChI=1S/C22H21N5O3S2/c1-13-6-9-15(10-7-13)32(29,30)27-22-24-18-11-8-14(12-19(18)31-22)23-21(28)20-16-4-2-3-5-17(16)25-26-20/h6-12H,2-5H2,1H3,(H,23,28)(H,24,27)(H,25,26). The molecule has 0 radical (unpaired) electrons. The Bertz CT molecular complexity index is 1420. The molecule has 0 aliphatic heterocycles. The van der Waals surface area contributed by atoms with Crippen LogP contribution in [0.1, 0.15) is 40.2 Å². The molecule has 4 aromatic rings. The molecule has 0 saturated heterocycles. The molecule has 3 N–H and O–H groups in total. The molecule has 0 fully saturated rings. The largest absolute Gasteiger partial charge is 0.321 e. The molecule has 10 heteroatoms. The Hall–Kier alpha value is -3.24. The lowest BCUT2D eigenvalue weighted by atomic mass is 9.96. The van der Waals surface area contributed by atoms with E-state index in [0.717, 1.165) is 47.2 Å². The molecule has 0 bridgehead atoms. The van der Waals surface area contributed by atoms with Gasteiger partial charge in [0.15, 0.2) is 10.8 Å². The molecule has 0 saturated carbocycles. The van der Waals surface area contributed by atoms with Gasteiger partial charge in [-0.3, -0.25) is 14.6 Å². The molecular weight excluding hydrogens is 446 g/mol. The van der Waals surface area contributed by atoms with Crippen molar-refractivity contribution in [3.05, 3.63) is 65.0 Å². The smallest absolute Gasteiger partial charge is 0.276 e. The van der Waals surface area contributed by atoms with Crippen molar-refractivity contribution in [3.8, 4) is 0 Å². The van der Waals surface area contributed by atoms with E-state index in [1.54, 1.807) is 42.5 Å². The SMILES string of the molecule is Cc1ccc(S(=O)(=O)Nc2nc3ccc(NC(=O)c4n[nH]c5c4CCCC5)cc3s2)cc1. The van der Waals surface area contributed by atoms with Crippen molar-refractivity contribution >= 4 is 48.3 Å². The van der Waals surface area contributed by atoms with Crippen molar-refractivity contribution < 1.29 is 13.2 Å². The fourth-order valence-electron chi connectivity index (χ4n) is 3.80. The van der Waals surface area contributed by atoms with Gasteiger partial charge in [-0.2, -0.15) is 5.10 Å². The van der Waals surface area contributed by atoms with E-state index in [1.807, 2.05) is 6.92 Å². The minimum absolute atomic E-state index is 0.178. The van der Waals surface area contributed by atoms with E-state index < -0.39 is 10.0 Å². The van der Waals surface area contributed by atoms with Gasteiger partial charge in [-0.15, -0.1) is 0 Å². The van der Waals surface area contributed by atoms with Crippen LogP contribution >= 0.6 is 11.3 Å². The molecule has 1 aliphatic rings. The topological polar surface area (TPSA) is 117 Å². The molecule has 2 heterocycles. The lowest BCUT2D eigenvalue weighted by molar-refractivity contribution is 0.102. The summed E-state index contributed by atoms with van der Waals surface area (Å²) in [5, 5.41) is 10.4. The number of carbonyl (C=O) groups excluding carboxylic acids is 1. The number of aromatic nitrogens is 3. The highest BCUT2D eigenvalue weighted by Crippen LogP contribution is 2.30. The monoisotopic (exact) mass is 467 g/mol. The Labute approximate surface area is 189 Å². The van der Waals surface area contributed by atoms with Crippen molar-refractivity contribution in [2.75, 3.05) is 10.0 Å². The molecule has 32 heavy (non-hydrogen) atoms. The maximum absolute atomic E-state index is 12.8. The minimum Gasteiger partial charge on any atom is -0.321 e. The predicted octanol–water partition coefficient (Wildman–Crippen LogP) is 4.26. The Morgan fingerprint density at radius 3 is 2.69 bits per heavy atom. The Morgan fingerprint density at radius 1 is 1.09 bits per heavy atom. The van der Waals surface area contributed by atoms with E-state index in [1.165, 1.54) is 11.3 Å². The van der Waals surface area contributed by atoms with Crippen LogP contribution in [0.3, 0.4) is 0 Å². The summed E-state index contributed by atoms with van der Waals surface area (Å²) in [6.07, 6.45) is 3.94. The van der Waals surface area contributed by atoms with Crippen LogP contribution < -0.4 is 10.0 Å². The lowest BCUT2D eigenvalue weighted by Crippen LogP contribution is -2.15. The molecule has 164 valence electrons. The number of nitrogens with one attached hydrogen (secondary N) is 3. The predicted molar refractivity (Wildman–Crippen MR) is 125 cm³/mol. The van der Waals surface area contributed by atoms with Gasteiger partial charge in [-0.25, -0.2) is 13.4 Å². The number of aromatic amines is 1. The van der Waals surface area contributed by atoms with Gasteiger partial charge >= 0.3 is 0 Å². The van der Waals surface area contributed by atoms with Gasteiger partial charge in [0.1, 0.15) is 0 Å². The van der Waals surface area contributed by atoms with Crippen molar-refractivity contribution in [1.29, 1.82) is 0 Å². The van der Waals surface area contributed by atoms with E-state index in [2.05, 4.69) is 25.2 Å². The van der Waals surface area contributed by atoms with Crippen LogP contribution in [0.15, 0.2) is 47.4 Å². The van der Waals surface area contributed by atoms with E-state index in [-0.39, 0.29) is 15.9 Å². The number of H-pyrrole nitrogens is 1. The number of hydrogen-bond acceptors (Lipinski definition) is 6. The summed E-state index contributed by atoms with van der Waals surface area (Å²) in [6.45, 7) is 1.90. The Kier molecular flexibility index (Phi) is 5.18. The number of anilines is 2. The average Bonchev–Trinajstić information content (AvgIpc) is 3.37. The molecule has 0 atom stereocenters. The number of nitrogens with zero attached hydrogens (tertiary/aromatic N) is 2. The van der Waals surface area contributed by atoms with Crippen molar-refractivity contribution in [3.63, 3.8) is 0 Å². The first-order chi connectivity index (χ1) is 15.4. The number of thiazole rings is 1. The van der Waals surface area contributed by atoms with Crippen molar-refractivity contribution in [2.45, 2.75) is 37.5 Å². The van der Waals surface area contributed by atoms with Gasteiger partial charge in [0.2, 0.25) is 0 Å². The fraction of sp³-hybridized carbons (Fsp3) is 0.227. The quantitative estimate of drug-likeness (QED) is 0.405. The van der Waals surface area contributed by atoms with E-state index >= 15 is 0 Å². The third-order valence-electron chi connectivity index (χ3n) is 5.47. The van der Waals surface area contributed by atoms with Gasteiger partial charge in [-0.05, 0) is 62.9 Å². The summed E-state index contributed by atoms with van der Waals surface area (Å²) in [5.74, 6) is -0.256. The van der Waals surface area contributed by atoms with Gasteiger partial charge in [0.05, 0.1) is 15.1 Å². The third kappa shape index (κ3) is 3.98. The third-order valence-corrected chi connectivity index (χ3v) is 7.89. The van der Waals surface area contributed by atoms with Crippen LogP contribution in [0.25, 0.3) is 10.2 Å². The van der Waals surface area contributed by atoms with Crippen molar-refractivity contribution in [2.24, 2.45) is 0 Å². The van der Waals surface area contributed by atoms with Gasteiger partial charge in [-0.1, -0.05) is 29.0 Å². The van der Waals surface area contributed by atoms with Crippen LogP contribution in [0, 0.1) is 6.92 Å².